The second-order valence-corrected chi connectivity index (χ2v) is 6.04. The van der Waals surface area contributed by atoms with E-state index in [1.54, 1.807) is 18.2 Å². The summed E-state index contributed by atoms with van der Waals surface area (Å²) in [5.41, 5.74) is -1.34. The maximum absolute atomic E-state index is 13.3. The van der Waals surface area contributed by atoms with Crippen LogP contribution >= 0.6 is 0 Å². The van der Waals surface area contributed by atoms with Crippen LogP contribution in [0.5, 0.6) is 11.6 Å². The van der Waals surface area contributed by atoms with Gasteiger partial charge in [-0.15, -0.1) is 6.07 Å². The third kappa shape index (κ3) is 6.55. The summed E-state index contributed by atoms with van der Waals surface area (Å²) < 4.78 is 58.7. The van der Waals surface area contributed by atoms with Crippen LogP contribution in [-0.2, 0) is 26.0 Å². The zero-order valence-corrected chi connectivity index (χ0v) is 19.7. The molecule has 2 aromatic heterocycles. The van der Waals surface area contributed by atoms with E-state index in [0.717, 1.165) is 13.0 Å². The number of ether oxygens (including phenoxy) is 1. The fourth-order valence-corrected chi connectivity index (χ4v) is 2.60. The molecule has 3 N–H and O–H groups in total. The van der Waals surface area contributed by atoms with Crippen molar-refractivity contribution in [2.24, 2.45) is 0 Å². The number of nitrogens with two attached hydrogens (primary N) is 1. The summed E-state index contributed by atoms with van der Waals surface area (Å²) in [4.78, 5) is 20.1. The first-order valence-electron chi connectivity index (χ1n) is 8.32. The number of pyridine rings is 2. The van der Waals surface area contributed by atoms with Crippen LogP contribution in [0.4, 0.5) is 23.2 Å². The Kier molecular flexibility index (Phi) is 10.6. The number of alkyl halides is 3. The number of amides is 1. The first-order valence-corrected chi connectivity index (χ1v) is 8.32. The largest absolute Gasteiger partial charge is 0.693 e. The molecular formula is C21H19F4N4O2Os-3. The predicted octanol–water partition coefficient (Wildman–Crippen LogP) is 6.26. The number of nitrogens with one attached hydrogen (secondary N) is 1. The molecule has 0 aliphatic carbocycles. The van der Waals surface area contributed by atoms with E-state index in [9.17, 15) is 22.4 Å². The fourth-order valence-electron chi connectivity index (χ4n) is 2.60. The van der Waals surface area contributed by atoms with Gasteiger partial charge in [-0.25, -0.2) is 9.97 Å². The summed E-state index contributed by atoms with van der Waals surface area (Å²) in [5.74, 6) is -1.89. The molecule has 1 amide bonds. The van der Waals surface area contributed by atoms with Crippen molar-refractivity contribution in [1.82, 2.24) is 9.97 Å². The molecule has 0 aliphatic rings. The Morgan fingerprint density at radius 1 is 1.19 bits per heavy atom. The van der Waals surface area contributed by atoms with Crippen molar-refractivity contribution in [3.63, 3.8) is 0 Å². The van der Waals surface area contributed by atoms with Crippen LogP contribution in [0.1, 0.15) is 27.2 Å². The van der Waals surface area contributed by atoms with Crippen molar-refractivity contribution < 1.29 is 46.9 Å². The summed E-state index contributed by atoms with van der Waals surface area (Å²) in [6, 6.07) is 11.3. The van der Waals surface area contributed by atoms with Gasteiger partial charge in [0, 0.05) is 26.0 Å². The molecule has 0 bridgehead atoms. The van der Waals surface area contributed by atoms with Gasteiger partial charge in [-0.2, -0.15) is 41.8 Å². The van der Waals surface area contributed by atoms with Crippen molar-refractivity contribution >= 4 is 11.6 Å². The first kappa shape index (κ1) is 29.1. The Bertz CT molecular complexity index is 1060. The molecule has 0 unspecified atom stereocenters. The zero-order valence-electron chi connectivity index (χ0n) is 17.2. The standard InChI is InChI=1S/C20H14F4N3O2.CH3.H2N.Os/c1-11-14(20(22,23)24)10-25-19(29-15-8-9-16(21)26-12(15)2)17(11)18(28)27-13-6-4-3-5-7-13;;;/h3-4,6-10H,1-2H3,(H,27,28);1H3;1H2;/q3*-1;. The zero-order chi connectivity index (χ0) is 21.2. The second kappa shape index (κ2) is 11.6. The first-order chi connectivity index (χ1) is 13.7. The van der Waals surface area contributed by atoms with E-state index in [1.807, 2.05) is 0 Å². The van der Waals surface area contributed by atoms with Gasteiger partial charge in [0.15, 0.2) is 5.75 Å². The molecule has 0 aliphatic heterocycles. The number of aromatic nitrogens is 2. The summed E-state index contributed by atoms with van der Waals surface area (Å²) in [7, 11) is 0. The van der Waals surface area contributed by atoms with Crippen LogP contribution in [0, 0.1) is 33.3 Å². The summed E-state index contributed by atoms with van der Waals surface area (Å²) >= 11 is 0. The molecule has 6 nitrogen and oxygen atoms in total. The number of aryl methyl sites for hydroxylation is 1. The normalized spacial score (nSPS) is 10.2. The van der Waals surface area contributed by atoms with E-state index in [0.29, 0.717) is 11.9 Å². The van der Waals surface area contributed by atoms with Gasteiger partial charge in [0.25, 0.3) is 5.91 Å². The van der Waals surface area contributed by atoms with Crippen LogP contribution in [0.15, 0.2) is 42.6 Å². The monoisotopic (exact) mass is 627 g/mol. The minimum atomic E-state index is -4.71. The van der Waals surface area contributed by atoms with Crippen molar-refractivity contribution in [3.8, 4) is 11.6 Å². The fraction of sp³-hybridized carbons (Fsp3) is 0.143. The van der Waals surface area contributed by atoms with E-state index < -0.39 is 29.2 Å². The molecule has 0 radical (unpaired) electrons. The number of nitrogens with zero attached hydrogens (tertiary/aromatic N) is 2. The van der Waals surface area contributed by atoms with Crippen molar-refractivity contribution in [1.29, 1.82) is 0 Å². The van der Waals surface area contributed by atoms with Crippen LogP contribution in [0.3, 0.4) is 0 Å². The maximum Gasteiger partial charge on any atom is 0.418 e. The van der Waals surface area contributed by atoms with Gasteiger partial charge >= 0.3 is 6.18 Å². The number of halogens is 4. The van der Waals surface area contributed by atoms with Gasteiger partial charge < -0.3 is 23.6 Å². The van der Waals surface area contributed by atoms with Crippen molar-refractivity contribution in [2.45, 2.75) is 20.0 Å². The Morgan fingerprint density at radius 2 is 1.88 bits per heavy atom. The van der Waals surface area contributed by atoms with Gasteiger partial charge in [0.05, 0.1) is 11.3 Å². The quantitative estimate of drug-likeness (QED) is 0.210. The van der Waals surface area contributed by atoms with E-state index in [2.05, 4.69) is 21.4 Å². The van der Waals surface area contributed by atoms with Gasteiger partial charge in [-0.05, 0) is 31.5 Å². The molecule has 3 rings (SSSR count). The van der Waals surface area contributed by atoms with Gasteiger partial charge in [-0.3, -0.25) is 4.79 Å². The molecule has 174 valence electrons. The molecule has 1 aromatic carbocycles. The van der Waals surface area contributed by atoms with Crippen LogP contribution < -0.4 is 10.1 Å². The van der Waals surface area contributed by atoms with E-state index in [-0.39, 0.29) is 56.3 Å². The van der Waals surface area contributed by atoms with E-state index in [1.165, 1.54) is 19.1 Å². The van der Waals surface area contributed by atoms with Gasteiger partial charge in [0.1, 0.15) is 5.56 Å². The molecular weight excluding hydrogens is 606 g/mol. The SMILES string of the molecule is Cc1nc(F)ccc1Oc1ncc(C(F)(F)F)c(C)c1C(=O)Nc1c[c-]ccc1.[CH3-].[NH2-].[Os]. The molecule has 0 saturated carbocycles. The summed E-state index contributed by atoms with van der Waals surface area (Å²) in [5, 5.41) is 2.49. The minimum Gasteiger partial charge on any atom is -0.693 e. The second-order valence-electron chi connectivity index (χ2n) is 6.04. The molecule has 3 aromatic rings. The molecule has 2 heterocycles. The number of carbonyl (C=O) groups is 1. The van der Waals surface area contributed by atoms with E-state index >= 15 is 0 Å². The third-order valence-electron chi connectivity index (χ3n) is 4.01. The van der Waals surface area contributed by atoms with Crippen molar-refractivity contribution in [2.75, 3.05) is 5.32 Å². The summed E-state index contributed by atoms with van der Waals surface area (Å²) in [6.45, 7) is 2.61. The van der Waals surface area contributed by atoms with Gasteiger partial charge in [0.2, 0.25) is 11.8 Å². The van der Waals surface area contributed by atoms with Crippen LogP contribution in [0.25, 0.3) is 6.15 Å². The Labute approximate surface area is 196 Å². The number of benzene rings is 1. The van der Waals surface area contributed by atoms with Crippen LogP contribution in [0.2, 0.25) is 0 Å². The van der Waals surface area contributed by atoms with Crippen molar-refractivity contribution in [3.05, 3.63) is 90.6 Å². The smallest absolute Gasteiger partial charge is 0.418 e. The molecule has 0 saturated heterocycles. The number of rotatable bonds is 4. The summed E-state index contributed by atoms with van der Waals surface area (Å²) in [6.07, 6.45) is -4.12. The molecule has 0 fully saturated rings. The Balaban J connectivity index is 0.00000320. The Morgan fingerprint density at radius 3 is 2.44 bits per heavy atom. The number of hydrogen-bond acceptors (Lipinski definition) is 4. The number of anilines is 1. The molecule has 32 heavy (non-hydrogen) atoms. The molecule has 0 atom stereocenters. The maximum atomic E-state index is 13.3. The number of hydrogen-bond donors (Lipinski definition) is 1. The average Bonchev–Trinajstić information content (AvgIpc) is 2.64. The average molecular weight is 626 g/mol. The number of carbonyl (C=O) groups excluding carboxylic acids is 1. The minimum absolute atomic E-state index is 0. The van der Waals surface area contributed by atoms with Gasteiger partial charge in [-0.1, -0.05) is 5.69 Å². The third-order valence-corrected chi connectivity index (χ3v) is 4.01. The molecule has 0 spiro atoms. The van der Waals surface area contributed by atoms with Crippen LogP contribution in [-0.4, -0.2) is 15.9 Å². The van der Waals surface area contributed by atoms with E-state index in [4.69, 9.17) is 4.74 Å². The molecule has 11 heteroatoms. The Hall–Kier alpha value is -2.89. The predicted molar refractivity (Wildman–Crippen MR) is 108 cm³/mol. The topological polar surface area (TPSA) is 97.6 Å².